The van der Waals surface area contributed by atoms with Crippen molar-refractivity contribution in [1.82, 2.24) is 19.9 Å². The van der Waals surface area contributed by atoms with Gasteiger partial charge in [0.25, 0.3) is 5.91 Å². The second kappa shape index (κ2) is 6.84. The van der Waals surface area contributed by atoms with Gasteiger partial charge in [-0.25, -0.2) is 10.0 Å². The molecule has 1 rings (SSSR count). The lowest BCUT2D eigenvalue weighted by molar-refractivity contribution is -0.0867. The molecule has 0 aromatic carbocycles. The van der Waals surface area contributed by atoms with E-state index in [0.717, 1.165) is 6.42 Å². The first-order valence-electron chi connectivity index (χ1n) is 6.09. The number of carbonyl (C=O) groups excluding carboxylic acids is 1. The first-order valence-corrected chi connectivity index (χ1v) is 8.87. The van der Waals surface area contributed by atoms with Gasteiger partial charge in [-0.05, 0) is 19.8 Å². The number of carbonyl (C=O) groups is 1. The Morgan fingerprint density at radius 3 is 2.68 bits per heavy atom. The average Bonchev–Trinajstić information content (AvgIpc) is 2.79. The summed E-state index contributed by atoms with van der Waals surface area (Å²) in [6.45, 7) is 6.06. The minimum atomic E-state index is -2.24. The quantitative estimate of drug-likeness (QED) is 0.343. The molecular formula is C11H21N4O3P. The lowest BCUT2D eigenvalue weighted by Crippen LogP contribution is -2.40. The van der Waals surface area contributed by atoms with E-state index in [2.05, 4.69) is 9.97 Å². The SMILES string of the molecule is CCCN(CN(O)C(=O)c1cnc[nH]1)CP(C)(C)=O. The number of aromatic nitrogens is 2. The highest BCUT2D eigenvalue weighted by Crippen LogP contribution is 2.36. The van der Waals surface area contributed by atoms with Crippen LogP contribution in [-0.2, 0) is 4.57 Å². The van der Waals surface area contributed by atoms with Crippen LogP contribution in [0.4, 0.5) is 0 Å². The molecule has 0 saturated carbocycles. The number of amides is 1. The van der Waals surface area contributed by atoms with Crippen LogP contribution in [0.3, 0.4) is 0 Å². The molecule has 0 radical (unpaired) electrons. The first kappa shape index (κ1) is 15.9. The molecular weight excluding hydrogens is 267 g/mol. The van der Waals surface area contributed by atoms with E-state index < -0.39 is 13.0 Å². The van der Waals surface area contributed by atoms with E-state index >= 15 is 0 Å². The van der Waals surface area contributed by atoms with Crippen molar-refractivity contribution in [2.24, 2.45) is 0 Å². The second-order valence-electron chi connectivity index (χ2n) is 4.92. The molecule has 0 aliphatic rings. The van der Waals surface area contributed by atoms with Gasteiger partial charge in [0.2, 0.25) is 0 Å². The standard InChI is InChI=1S/C11H21N4O3P/c1-4-5-14(9-19(2,3)18)8-15(17)11(16)10-6-12-7-13-10/h6-7,17H,4-5,8-9H2,1-3H3,(H,12,13). The Hall–Kier alpha value is -1.17. The number of nitrogens with zero attached hydrogens (tertiary/aromatic N) is 3. The van der Waals surface area contributed by atoms with Crippen molar-refractivity contribution < 1.29 is 14.6 Å². The van der Waals surface area contributed by atoms with E-state index in [1.54, 1.807) is 18.2 Å². The van der Waals surface area contributed by atoms with Crippen LogP contribution in [0.5, 0.6) is 0 Å². The summed E-state index contributed by atoms with van der Waals surface area (Å²) in [5.74, 6) is -0.555. The predicted octanol–water partition coefficient (Wildman–Crippen LogP) is 1.49. The van der Waals surface area contributed by atoms with Gasteiger partial charge in [-0.3, -0.25) is 14.9 Å². The highest BCUT2D eigenvalue weighted by Gasteiger charge is 2.20. The van der Waals surface area contributed by atoms with Crippen LogP contribution in [0.2, 0.25) is 0 Å². The van der Waals surface area contributed by atoms with Gasteiger partial charge in [0, 0.05) is 6.54 Å². The van der Waals surface area contributed by atoms with Crippen LogP contribution in [0, 0.1) is 0 Å². The molecule has 8 heteroatoms. The summed E-state index contributed by atoms with van der Waals surface area (Å²) in [6.07, 6.45) is 3.94. The molecule has 1 amide bonds. The zero-order valence-corrected chi connectivity index (χ0v) is 12.4. The summed E-state index contributed by atoms with van der Waals surface area (Å²) >= 11 is 0. The normalized spacial score (nSPS) is 11.8. The summed E-state index contributed by atoms with van der Waals surface area (Å²) in [4.78, 5) is 20.0. The summed E-state index contributed by atoms with van der Waals surface area (Å²) in [5, 5.41) is 10.4. The maximum Gasteiger partial charge on any atom is 0.296 e. The highest BCUT2D eigenvalue weighted by atomic mass is 31.2. The number of rotatable bonds is 7. The third kappa shape index (κ3) is 5.55. The van der Waals surface area contributed by atoms with E-state index in [4.69, 9.17) is 0 Å². The number of H-pyrrole nitrogens is 1. The van der Waals surface area contributed by atoms with Crippen molar-refractivity contribution >= 4 is 13.0 Å². The number of aromatic amines is 1. The molecule has 1 aromatic heterocycles. The first-order chi connectivity index (χ1) is 8.83. The Morgan fingerprint density at radius 1 is 1.53 bits per heavy atom. The Kier molecular flexibility index (Phi) is 5.72. The van der Waals surface area contributed by atoms with Gasteiger partial charge in [-0.2, -0.15) is 0 Å². The molecule has 0 spiro atoms. The van der Waals surface area contributed by atoms with Crippen LogP contribution < -0.4 is 0 Å². The molecule has 1 heterocycles. The lowest BCUT2D eigenvalue weighted by atomic mass is 10.4. The zero-order valence-electron chi connectivity index (χ0n) is 11.5. The number of imidazole rings is 1. The predicted molar refractivity (Wildman–Crippen MR) is 72.7 cm³/mol. The van der Waals surface area contributed by atoms with E-state index in [1.807, 2.05) is 6.92 Å². The maximum atomic E-state index is 11.8. The molecule has 0 saturated heterocycles. The molecule has 1 aromatic rings. The van der Waals surface area contributed by atoms with Crippen LogP contribution >= 0.6 is 7.14 Å². The molecule has 7 nitrogen and oxygen atoms in total. The monoisotopic (exact) mass is 288 g/mol. The van der Waals surface area contributed by atoms with E-state index in [1.165, 1.54) is 12.5 Å². The summed E-state index contributed by atoms with van der Waals surface area (Å²) in [7, 11) is -2.24. The van der Waals surface area contributed by atoms with Crippen molar-refractivity contribution in [1.29, 1.82) is 0 Å². The Bertz CT molecular complexity index is 443. The number of nitrogens with one attached hydrogen (secondary N) is 1. The largest absolute Gasteiger partial charge is 0.341 e. The van der Waals surface area contributed by atoms with Crippen molar-refractivity contribution in [2.75, 3.05) is 32.8 Å². The third-order valence-electron chi connectivity index (χ3n) is 2.38. The van der Waals surface area contributed by atoms with Crippen LogP contribution in [0.1, 0.15) is 23.8 Å². The molecule has 0 unspecified atom stereocenters. The molecule has 0 aliphatic carbocycles. The van der Waals surface area contributed by atoms with Gasteiger partial charge in [0.05, 0.1) is 26.0 Å². The Morgan fingerprint density at radius 2 is 2.21 bits per heavy atom. The molecule has 0 aliphatic heterocycles. The summed E-state index contributed by atoms with van der Waals surface area (Å²) in [6, 6.07) is 0. The molecule has 0 bridgehead atoms. The van der Waals surface area contributed by atoms with Gasteiger partial charge in [-0.1, -0.05) is 6.92 Å². The Balaban J connectivity index is 2.63. The van der Waals surface area contributed by atoms with Gasteiger partial charge in [-0.15, -0.1) is 0 Å². The second-order valence-corrected chi connectivity index (χ2v) is 8.35. The fraction of sp³-hybridized carbons (Fsp3) is 0.636. The lowest BCUT2D eigenvalue weighted by Gasteiger charge is -2.27. The van der Waals surface area contributed by atoms with Crippen LogP contribution in [-0.4, -0.2) is 63.9 Å². The van der Waals surface area contributed by atoms with E-state index in [-0.39, 0.29) is 12.4 Å². The molecule has 19 heavy (non-hydrogen) atoms. The summed E-state index contributed by atoms with van der Waals surface area (Å²) in [5.41, 5.74) is 0.218. The van der Waals surface area contributed by atoms with Crippen LogP contribution in [0.25, 0.3) is 0 Å². The number of hydroxylamine groups is 2. The van der Waals surface area contributed by atoms with Gasteiger partial charge in [0.15, 0.2) is 0 Å². The fourth-order valence-electron chi connectivity index (χ4n) is 1.75. The molecule has 0 atom stereocenters. The van der Waals surface area contributed by atoms with Crippen molar-refractivity contribution in [3.8, 4) is 0 Å². The van der Waals surface area contributed by atoms with Gasteiger partial charge >= 0.3 is 0 Å². The van der Waals surface area contributed by atoms with E-state index in [9.17, 15) is 14.6 Å². The van der Waals surface area contributed by atoms with E-state index in [0.29, 0.717) is 17.9 Å². The number of hydrogen-bond donors (Lipinski definition) is 2. The number of hydrogen-bond acceptors (Lipinski definition) is 5. The van der Waals surface area contributed by atoms with Crippen molar-refractivity contribution in [3.63, 3.8) is 0 Å². The van der Waals surface area contributed by atoms with Crippen molar-refractivity contribution in [3.05, 3.63) is 18.2 Å². The molecule has 0 fully saturated rings. The maximum absolute atomic E-state index is 11.8. The zero-order chi connectivity index (χ0) is 14.5. The molecule has 2 N–H and O–H groups in total. The average molecular weight is 288 g/mol. The topological polar surface area (TPSA) is 89.5 Å². The third-order valence-corrected chi connectivity index (χ3v) is 3.46. The van der Waals surface area contributed by atoms with Gasteiger partial charge in [0.1, 0.15) is 12.4 Å². The van der Waals surface area contributed by atoms with Gasteiger partial charge < -0.3 is 9.55 Å². The smallest absolute Gasteiger partial charge is 0.296 e. The fourth-order valence-corrected chi connectivity index (χ4v) is 2.94. The minimum absolute atomic E-state index is 0.0252. The van der Waals surface area contributed by atoms with Crippen LogP contribution in [0.15, 0.2) is 12.5 Å². The summed E-state index contributed by atoms with van der Waals surface area (Å²) < 4.78 is 11.8. The van der Waals surface area contributed by atoms with Crippen molar-refractivity contribution in [2.45, 2.75) is 13.3 Å². The molecule has 108 valence electrons. The highest BCUT2D eigenvalue weighted by molar-refractivity contribution is 7.62. The Labute approximate surface area is 112 Å². The minimum Gasteiger partial charge on any atom is -0.341 e.